The number of phenols is 2. The van der Waals surface area contributed by atoms with Gasteiger partial charge in [-0.1, -0.05) is 97.1 Å². The van der Waals surface area contributed by atoms with E-state index in [9.17, 15) is 10.2 Å². The van der Waals surface area contributed by atoms with E-state index in [0.717, 1.165) is 22.3 Å². The van der Waals surface area contributed by atoms with Crippen LogP contribution in [0.4, 0.5) is 0 Å². The van der Waals surface area contributed by atoms with Gasteiger partial charge in [-0.05, 0) is 23.3 Å². The number of para-hydroxylation sites is 2. The summed E-state index contributed by atoms with van der Waals surface area (Å²) in [5.74, 6) is 0.565. The van der Waals surface area contributed by atoms with Crippen LogP contribution in [0.3, 0.4) is 0 Å². The Hall–Kier alpha value is -3.60. The van der Waals surface area contributed by atoms with Gasteiger partial charge in [0.1, 0.15) is 11.5 Å². The minimum absolute atomic E-state index is 0.0657. The molecule has 0 amide bonds. The fraction of sp³-hybridized carbons (Fsp3) is 0.143. The summed E-state index contributed by atoms with van der Waals surface area (Å²) in [4.78, 5) is 0. The van der Waals surface area contributed by atoms with E-state index in [0.29, 0.717) is 13.1 Å². The minimum atomic E-state index is -0.0657. The van der Waals surface area contributed by atoms with Gasteiger partial charge in [0.2, 0.25) is 0 Å². The molecule has 162 valence electrons. The molecule has 4 heteroatoms. The normalized spacial score (nSPS) is 12.9. The molecule has 4 rings (SSSR count). The first-order valence-corrected chi connectivity index (χ1v) is 10.8. The molecule has 0 aliphatic carbocycles. The third-order valence-electron chi connectivity index (χ3n) is 5.66. The van der Waals surface area contributed by atoms with Gasteiger partial charge in [0.25, 0.3) is 0 Å². The molecule has 0 saturated carbocycles. The zero-order valence-corrected chi connectivity index (χ0v) is 17.9. The van der Waals surface area contributed by atoms with Crippen LogP contribution in [-0.4, -0.2) is 10.2 Å². The zero-order chi connectivity index (χ0) is 22.2. The molecule has 0 aromatic heterocycles. The second-order valence-corrected chi connectivity index (χ2v) is 7.80. The summed E-state index contributed by atoms with van der Waals surface area (Å²) >= 11 is 0. The Labute approximate surface area is 189 Å². The lowest BCUT2D eigenvalue weighted by Crippen LogP contribution is -2.35. The summed E-state index contributed by atoms with van der Waals surface area (Å²) in [5, 5.41) is 27.8. The largest absolute Gasteiger partial charge is 0.508 e. The van der Waals surface area contributed by atoms with E-state index < -0.39 is 0 Å². The molecule has 0 bridgehead atoms. The zero-order valence-electron chi connectivity index (χ0n) is 17.9. The number of aromatic hydroxyl groups is 2. The standard InChI is InChI=1S/C28H28N2O2/c31-25-17-9-7-15-23(25)19-29-27(21-11-3-1-4-12-21)28(22-13-5-2-6-14-22)30-20-24-16-8-10-18-26(24)32/h1-18,27-32H,19-20H2/t27-,28+. The molecule has 32 heavy (non-hydrogen) atoms. The summed E-state index contributed by atoms with van der Waals surface area (Å²) in [7, 11) is 0. The van der Waals surface area contributed by atoms with Gasteiger partial charge in [0, 0.05) is 24.2 Å². The number of nitrogens with one attached hydrogen (secondary N) is 2. The molecule has 0 heterocycles. The van der Waals surface area contributed by atoms with Gasteiger partial charge < -0.3 is 20.8 Å². The maximum atomic E-state index is 10.2. The van der Waals surface area contributed by atoms with E-state index in [1.165, 1.54) is 0 Å². The summed E-state index contributed by atoms with van der Waals surface area (Å²) in [5.41, 5.74) is 3.98. The highest BCUT2D eigenvalue weighted by Crippen LogP contribution is 2.31. The van der Waals surface area contributed by atoms with Gasteiger partial charge in [0.05, 0.1) is 12.1 Å². The van der Waals surface area contributed by atoms with E-state index >= 15 is 0 Å². The van der Waals surface area contributed by atoms with Crippen molar-refractivity contribution in [1.82, 2.24) is 10.6 Å². The molecular formula is C28H28N2O2. The Morgan fingerprint density at radius 1 is 0.469 bits per heavy atom. The molecule has 0 fully saturated rings. The van der Waals surface area contributed by atoms with Gasteiger partial charge in [-0.2, -0.15) is 0 Å². The van der Waals surface area contributed by atoms with E-state index in [2.05, 4.69) is 34.9 Å². The lowest BCUT2D eigenvalue weighted by molar-refractivity contribution is 0.373. The van der Waals surface area contributed by atoms with Crippen molar-refractivity contribution in [1.29, 1.82) is 0 Å². The van der Waals surface area contributed by atoms with E-state index in [1.54, 1.807) is 12.1 Å². The van der Waals surface area contributed by atoms with Gasteiger partial charge in [-0.15, -0.1) is 0 Å². The van der Waals surface area contributed by atoms with Crippen LogP contribution in [0.5, 0.6) is 11.5 Å². The SMILES string of the molecule is Oc1ccccc1CN[C@H](c1ccccc1)[C@@H](NCc1ccccc1O)c1ccccc1. The topological polar surface area (TPSA) is 64.5 Å². The highest BCUT2D eigenvalue weighted by Gasteiger charge is 2.24. The summed E-state index contributed by atoms with van der Waals surface area (Å²) < 4.78 is 0. The second-order valence-electron chi connectivity index (χ2n) is 7.80. The quantitative estimate of drug-likeness (QED) is 0.288. The number of hydrogen-bond donors (Lipinski definition) is 4. The number of hydrogen-bond acceptors (Lipinski definition) is 4. The maximum absolute atomic E-state index is 10.2. The van der Waals surface area contributed by atoms with Crippen LogP contribution in [0.1, 0.15) is 34.3 Å². The fourth-order valence-corrected chi connectivity index (χ4v) is 3.94. The smallest absolute Gasteiger partial charge is 0.120 e. The van der Waals surface area contributed by atoms with Gasteiger partial charge in [-0.25, -0.2) is 0 Å². The van der Waals surface area contributed by atoms with Crippen LogP contribution in [0.2, 0.25) is 0 Å². The van der Waals surface area contributed by atoms with Crippen LogP contribution in [0.25, 0.3) is 0 Å². The predicted molar refractivity (Wildman–Crippen MR) is 128 cm³/mol. The molecule has 4 N–H and O–H groups in total. The van der Waals surface area contributed by atoms with Gasteiger partial charge in [-0.3, -0.25) is 0 Å². The molecule has 4 aromatic carbocycles. The molecule has 0 radical (unpaired) electrons. The third kappa shape index (κ3) is 5.35. The third-order valence-corrected chi connectivity index (χ3v) is 5.66. The van der Waals surface area contributed by atoms with Crippen molar-refractivity contribution in [2.24, 2.45) is 0 Å². The second kappa shape index (κ2) is 10.6. The lowest BCUT2D eigenvalue weighted by Gasteiger charge is -2.30. The van der Waals surface area contributed by atoms with Crippen LogP contribution in [0.15, 0.2) is 109 Å². The highest BCUT2D eigenvalue weighted by molar-refractivity contribution is 5.34. The minimum Gasteiger partial charge on any atom is -0.508 e. The van der Waals surface area contributed by atoms with Crippen molar-refractivity contribution in [3.8, 4) is 11.5 Å². The average Bonchev–Trinajstić information content (AvgIpc) is 2.84. The first-order valence-electron chi connectivity index (χ1n) is 10.8. The first-order chi connectivity index (χ1) is 15.7. The highest BCUT2D eigenvalue weighted by atomic mass is 16.3. The van der Waals surface area contributed by atoms with Crippen LogP contribution < -0.4 is 10.6 Å². The van der Waals surface area contributed by atoms with E-state index in [4.69, 9.17) is 0 Å². The van der Waals surface area contributed by atoms with Crippen molar-refractivity contribution in [2.75, 3.05) is 0 Å². The summed E-state index contributed by atoms with van der Waals surface area (Å²) in [6.07, 6.45) is 0. The lowest BCUT2D eigenvalue weighted by atomic mass is 9.92. The van der Waals surface area contributed by atoms with Crippen LogP contribution in [0, 0.1) is 0 Å². The average molecular weight is 425 g/mol. The van der Waals surface area contributed by atoms with E-state index in [1.807, 2.05) is 72.8 Å². The molecular weight excluding hydrogens is 396 g/mol. The number of phenolic OH excluding ortho intramolecular Hbond substituents is 2. The van der Waals surface area contributed by atoms with Crippen molar-refractivity contribution >= 4 is 0 Å². The Morgan fingerprint density at radius 2 is 0.812 bits per heavy atom. The number of benzene rings is 4. The molecule has 4 aromatic rings. The van der Waals surface area contributed by atoms with Crippen LogP contribution in [-0.2, 0) is 13.1 Å². The van der Waals surface area contributed by atoms with E-state index in [-0.39, 0.29) is 23.6 Å². The Bertz CT molecular complexity index is 1030. The molecule has 0 unspecified atom stereocenters. The molecule has 0 aliphatic heterocycles. The summed E-state index contributed by atoms with van der Waals surface area (Å²) in [6.45, 7) is 1.04. The molecule has 4 nitrogen and oxygen atoms in total. The number of rotatable bonds is 9. The Kier molecular flexibility index (Phi) is 7.18. The maximum Gasteiger partial charge on any atom is 0.120 e. The molecule has 0 aliphatic rings. The first kappa shape index (κ1) is 21.6. The Balaban J connectivity index is 1.65. The Morgan fingerprint density at radius 3 is 1.19 bits per heavy atom. The monoisotopic (exact) mass is 424 g/mol. The molecule has 0 spiro atoms. The molecule has 2 atom stereocenters. The van der Waals surface area contributed by atoms with Crippen molar-refractivity contribution in [2.45, 2.75) is 25.2 Å². The van der Waals surface area contributed by atoms with Crippen molar-refractivity contribution in [3.63, 3.8) is 0 Å². The van der Waals surface area contributed by atoms with Gasteiger partial charge in [0.15, 0.2) is 0 Å². The van der Waals surface area contributed by atoms with Crippen molar-refractivity contribution in [3.05, 3.63) is 131 Å². The van der Waals surface area contributed by atoms with Crippen LogP contribution >= 0.6 is 0 Å². The fourth-order valence-electron chi connectivity index (χ4n) is 3.94. The molecule has 0 saturated heterocycles. The van der Waals surface area contributed by atoms with Crippen molar-refractivity contribution < 1.29 is 10.2 Å². The predicted octanol–water partition coefficient (Wildman–Crippen LogP) is 5.46. The summed E-state index contributed by atoms with van der Waals surface area (Å²) in [6, 6.07) is 35.3. The van der Waals surface area contributed by atoms with Gasteiger partial charge >= 0.3 is 0 Å².